The number of benzene rings is 2. The van der Waals surface area contributed by atoms with E-state index in [9.17, 15) is 13.2 Å². The van der Waals surface area contributed by atoms with Gasteiger partial charge in [-0.3, -0.25) is 4.79 Å². The number of thiazole rings is 1. The van der Waals surface area contributed by atoms with Gasteiger partial charge < -0.3 is 4.57 Å². The van der Waals surface area contributed by atoms with Crippen molar-refractivity contribution in [3.05, 3.63) is 83.2 Å². The number of fused-ring (bicyclic) bond motifs is 1. The molecule has 0 aliphatic rings. The second-order valence-corrected chi connectivity index (χ2v) is 10.3. The maximum atomic E-state index is 12.8. The molecule has 0 N–H and O–H groups in total. The van der Waals surface area contributed by atoms with Crippen molar-refractivity contribution in [3.63, 3.8) is 0 Å². The number of hydrogen-bond donors (Lipinski definition) is 0. The minimum Gasteiger partial charge on any atom is -0.317 e. The van der Waals surface area contributed by atoms with Crippen LogP contribution in [0.2, 0.25) is 0 Å². The van der Waals surface area contributed by atoms with Crippen LogP contribution in [0.4, 0.5) is 0 Å². The molecule has 0 unspecified atom stereocenters. The van der Waals surface area contributed by atoms with Crippen molar-refractivity contribution < 1.29 is 13.2 Å². The fourth-order valence-corrected chi connectivity index (χ4v) is 5.89. The summed E-state index contributed by atoms with van der Waals surface area (Å²) in [5.74, 6) is -0.412. The molecular formula is C24H27N3O3S2. The molecule has 0 atom stereocenters. The number of rotatable bonds is 8. The Morgan fingerprint density at radius 3 is 2.25 bits per heavy atom. The zero-order chi connectivity index (χ0) is 23.5. The van der Waals surface area contributed by atoms with Crippen LogP contribution in [-0.2, 0) is 16.6 Å². The average Bonchev–Trinajstić information content (AvgIpc) is 3.09. The SMILES string of the molecule is C=CCN(CC=C)S(=O)(=O)c1ccc(C(=O)N=c2sc3cc(C)c(C)cc3n2CC)cc1. The van der Waals surface area contributed by atoms with E-state index < -0.39 is 15.9 Å². The molecule has 6 nitrogen and oxygen atoms in total. The normalized spacial score (nSPS) is 12.4. The first-order chi connectivity index (χ1) is 15.2. The van der Waals surface area contributed by atoms with Crippen LogP contribution in [-0.4, -0.2) is 36.3 Å². The Kier molecular flexibility index (Phi) is 7.28. The van der Waals surface area contributed by atoms with Crippen LogP contribution in [0.1, 0.15) is 28.4 Å². The third kappa shape index (κ3) is 4.67. The van der Waals surface area contributed by atoms with E-state index in [4.69, 9.17) is 0 Å². The molecule has 3 aromatic rings. The van der Waals surface area contributed by atoms with Crippen molar-refractivity contribution in [1.29, 1.82) is 0 Å². The molecule has 2 aromatic carbocycles. The van der Waals surface area contributed by atoms with Crippen molar-refractivity contribution in [2.45, 2.75) is 32.2 Å². The topological polar surface area (TPSA) is 71.7 Å². The summed E-state index contributed by atoms with van der Waals surface area (Å²) >= 11 is 1.47. The van der Waals surface area contributed by atoms with Crippen molar-refractivity contribution in [1.82, 2.24) is 8.87 Å². The van der Waals surface area contributed by atoms with Gasteiger partial charge in [-0.25, -0.2) is 8.42 Å². The van der Waals surface area contributed by atoms with E-state index in [2.05, 4.69) is 44.1 Å². The smallest absolute Gasteiger partial charge is 0.279 e. The van der Waals surface area contributed by atoms with Crippen molar-refractivity contribution in [3.8, 4) is 0 Å². The first kappa shape index (κ1) is 23.8. The molecule has 1 aromatic heterocycles. The fraction of sp³-hybridized carbons (Fsp3) is 0.250. The van der Waals surface area contributed by atoms with Crippen molar-refractivity contribution in [2.24, 2.45) is 4.99 Å². The third-order valence-corrected chi connectivity index (χ3v) is 8.10. The molecule has 0 fully saturated rings. The summed E-state index contributed by atoms with van der Waals surface area (Å²) in [6.45, 7) is 14.4. The highest BCUT2D eigenvalue weighted by Gasteiger charge is 2.22. The largest absolute Gasteiger partial charge is 0.317 e. The van der Waals surface area contributed by atoms with Gasteiger partial charge in [-0.05, 0) is 68.3 Å². The predicted molar refractivity (Wildman–Crippen MR) is 130 cm³/mol. The molecule has 0 saturated carbocycles. The van der Waals surface area contributed by atoms with E-state index in [1.165, 1.54) is 63.2 Å². The summed E-state index contributed by atoms with van der Waals surface area (Å²) in [5, 5.41) is 0. The highest BCUT2D eigenvalue weighted by atomic mass is 32.2. The predicted octanol–water partition coefficient (Wildman–Crippen LogP) is 4.44. The van der Waals surface area contributed by atoms with E-state index in [-0.39, 0.29) is 18.0 Å². The Labute approximate surface area is 192 Å². The molecule has 0 saturated heterocycles. The third-order valence-electron chi connectivity index (χ3n) is 5.22. The van der Waals surface area contributed by atoms with Crippen LogP contribution < -0.4 is 4.80 Å². The number of aryl methyl sites for hydroxylation is 3. The lowest BCUT2D eigenvalue weighted by Crippen LogP contribution is -2.31. The van der Waals surface area contributed by atoms with Crippen LogP contribution in [0.3, 0.4) is 0 Å². The number of carbonyl (C=O) groups is 1. The van der Waals surface area contributed by atoms with Crippen LogP contribution in [0.25, 0.3) is 10.2 Å². The monoisotopic (exact) mass is 469 g/mol. The summed E-state index contributed by atoms with van der Waals surface area (Å²) in [6.07, 6.45) is 3.05. The molecule has 8 heteroatoms. The summed E-state index contributed by atoms with van der Waals surface area (Å²) in [4.78, 5) is 17.9. The number of aromatic nitrogens is 1. The van der Waals surface area contributed by atoms with Gasteiger partial charge in [0.25, 0.3) is 5.91 Å². The zero-order valence-corrected chi connectivity index (χ0v) is 20.2. The lowest BCUT2D eigenvalue weighted by molar-refractivity contribution is 0.0997. The lowest BCUT2D eigenvalue weighted by atomic mass is 10.1. The van der Waals surface area contributed by atoms with Crippen LogP contribution >= 0.6 is 11.3 Å². The molecule has 0 bridgehead atoms. The van der Waals surface area contributed by atoms with E-state index in [0.29, 0.717) is 16.9 Å². The van der Waals surface area contributed by atoms with Gasteiger partial charge in [0.15, 0.2) is 4.80 Å². The summed E-state index contributed by atoms with van der Waals surface area (Å²) in [5.41, 5.74) is 3.77. The Balaban J connectivity index is 1.97. The lowest BCUT2D eigenvalue weighted by Gasteiger charge is -2.19. The highest BCUT2D eigenvalue weighted by molar-refractivity contribution is 7.89. The number of sulfonamides is 1. The first-order valence-electron chi connectivity index (χ1n) is 10.2. The molecule has 0 aliphatic carbocycles. The highest BCUT2D eigenvalue weighted by Crippen LogP contribution is 2.22. The summed E-state index contributed by atoms with van der Waals surface area (Å²) < 4.78 is 30.0. The van der Waals surface area contributed by atoms with E-state index in [1.54, 1.807) is 0 Å². The van der Waals surface area contributed by atoms with Crippen LogP contribution in [0.5, 0.6) is 0 Å². The molecule has 0 radical (unpaired) electrons. The van der Waals surface area contributed by atoms with Gasteiger partial charge in [0.1, 0.15) is 0 Å². The molecule has 0 aliphatic heterocycles. The fourth-order valence-electron chi connectivity index (χ4n) is 3.34. The number of hydrogen-bond acceptors (Lipinski definition) is 4. The number of amides is 1. The Bertz CT molecular complexity index is 1340. The van der Waals surface area contributed by atoms with Gasteiger partial charge in [-0.2, -0.15) is 9.30 Å². The van der Waals surface area contributed by atoms with Crippen molar-refractivity contribution in [2.75, 3.05) is 13.1 Å². The van der Waals surface area contributed by atoms with Gasteiger partial charge in [0, 0.05) is 25.2 Å². The zero-order valence-electron chi connectivity index (χ0n) is 18.5. The van der Waals surface area contributed by atoms with Crippen LogP contribution in [0, 0.1) is 13.8 Å². The number of carbonyl (C=O) groups excluding carboxylic acids is 1. The Morgan fingerprint density at radius 2 is 1.69 bits per heavy atom. The molecule has 168 valence electrons. The molecule has 32 heavy (non-hydrogen) atoms. The van der Waals surface area contributed by atoms with Gasteiger partial charge >= 0.3 is 0 Å². The first-order valence-corrected chi connectivity index (χ1v) is 12.5. The maximum Gasteiger partial charge on any atom is 0.279 e. The maximum absolute atomic E-state index is 12.8. The second kappa shape index (κ2) is 9.77. The Morgan fingerprint density at radius 1 is 1.09 bits per heavy atom. The molecule has 1 amide bonds. The Hall–Kier alpha value is -2.81. The second-order valence-electron chi connectivity index (χ2n) is 7.37. The van der Waals surface area contributed by atoms with Gasteiger partial charge in [-0.15, -0.1) is 13.2 Å². The minimum atomic E-state index is -3.72. The average molecular weight is 470 g/mol. The molecule has 0 spiro atoms. The summed E-state index contributed by atoms with van der Waals surface area (Å²) in [6, 6.07) is 10.1. The molecular weight excluding hydrogens is 442 g/mol. The quantitative estimate of drug-likeness (QED) is 0.458. The van der Waals surface area contributed by atoms with Crippen LogP contribution in [0.15, 0.2) is 71.6 Å². The van der Waals surface area contributed by atoms with E-state index in [1.807, 2.05) is 11.5 Å². The summed E-state index contributed by atoms with van der Waals surface area (Å²) in [7, 11) is -3.72. The number of nitrogens with zero attached hydrogens (tertiary/aromatic N) is 3. The molecule has 1 heterocycles. The molecule has 3 rings (SSSR count). The van der Waals surface area contributed by atoms with E-state index >= 15 is 0 Å². The van der Waals surface area contributed by atoms with Crippen molar-refractivity contribution >= 4 is 37.5 Å². The van der Waals surface area contributed by atoms with E-state index in [0.717, 1.165) is 10.2 Å². The van der Waals surface area contributed by atoms with Gasteiger partial charge in [0.2, 0.25) is 10.0 Å². The standard InChI is InChI=1S/C24H27N3O3S2/c1-6-13-26(14-7-2)32(29,30)20-11-9-19(10-12-20)23(28)25-24-27(8-3)21-15-17(4)18(5)16-22(21)31-24/h6-7,9-12,15-16H,1-2,8,13-14H2,3-5H3. The van der Waals surface area contributed by atoms with Gasteiger partial charge in [-0.1, -0.05) is 23.5 Å². The minimum absolute atomic E-state index is 0.106. The van der Waals surface area contributed by atoms with Gasteiger partial charge in [0.05, 0.1) is 15.1 Å².